The van der Waals surface area contributed by atoms with E-state index in [1.807, 2.05) is 12.1 Å². The largest absolute Gasteiger partial charge is 0.497 e. The van der Waals surface area contributed by atoms with Gasteiger partial charge in [-0.1, -0.05) is 18.2 Å². The van der Waals surface area contributed by atoms with Crippen molar-refractivity contribution in [2.75, 3.05) is 31.9 Å². The van der Waals surface area contributed by atoms with Crippen LogP contribution in [0.2, 0.25) is 0 Å². The minimum Gasteiger partial charge on any atom is -0.497 e. The molecule has 1 N–H and O–H groups in total. The summed E-state index contributed by atoms with van der Waals surface area (Å²) in [4.78, 5) is 24.9. The highest BCUT2D eigenvalue weighted by Crippen LogP contribution is 2.27. The van der Waals surface area contributed by atoms with Crippen LogP contribution in [0.25, 0.3) is 0 Å². The summed E-state index contributed by atoms with van der Waals surface area (Å²) in [6.07, 6.45) is -0.0327. The summed E-state index contributed by atoms with van der Waals surface area (Å²) in [6, 6.07) is 14.3. The average molecular weight is 400 g/mol. The smallest absolute Gasteiger partial charge is 0.310 e. The number of carbonyl (C=O) groups is 2. The Balaban J connectivity index is 1.90. The summed E-state index contributed by atoms with van der Waals surface area (Å²) in [5, 5.41) is 11.4. The molecule has 0 atom stereocenters. The Labute approximate surface area is 167 Å². The second kappa shape index (κ2) is 10.8. The molecule has 0 saturated carbocycles. The Morgan fingerprint density at radius 3 is 2.64 bits per heavy atom. The van der Waals surface area contributed by atoms with E-state index < -0.39 is 18.5 Å². The van der Waals surface area contributed by atoms with Crippen molar-refractivity contribution in [1.82, 2.24) is 0 Å². The molecule has 1 amide bonds. The first-order chi connectivity index (χ1) is 13.6. The highest BCUT2D eigenvalue weighted by Gasteiger charge is 2.14. The topological polar surface area (TPSA) is 97.6 Å². The van der Waals surface area contributed by atoms with E-state index in [9.17, 15) is 9.59 Å². The Morgan fingerprint density at radius 2 is 1.93 bits per heavy atom. The zero-order valence-corrected chi connectivity index (χ0v) is 16.4. The van der Waals surface area contributed by atoms with Gasteiger partial charge in [0.25, 0.3) is 5.91 Å². The Morgan fingerprint density at radius 1 is 1.14 bits per heavy atom. The predicted molar refractivity (Wildman–Crippen MR) is 106 cm³/mol. The van der Waals surface area contributed by atoms with Gasteiger partial charge in [-0.05, 0) is 18.2 Å². The molecule has 7 nitrogen and oxygen atoms in total. The van der Waals surface area contributed by atoms with E-state index in [1.165, 1.54) is 26.0 Å². The van der Waals surface area contributed by atoms with Gasteiger partial charge in [-0.15, -0.1) is 11.8 Å². The maximum atomic E-state index is 12.1. The fraction of sp³-hybridized carbons (Fsp3) is 0.250. The van der Waals surface area contributed by atoms with Crippen LogP contribution in [0.3, 0.4) is 0 Å². The first-order valence-electron chi connectivity index (χ1n) is 8.32. The molecule has 8 heteroatoms. The van der Waals surface area contributed by atoms with Crippen LogP contribution in [0.15, 0.2) is 47.4 Å². The lowest BCUT2D eigenvalue weighted by atomic mass is 10.1. The van der Waals surface area contributed by atoms with Crippen LogP contribution in [0.4, 0.5) is 5.69 Å². The fourth-order valence-electron chi connectivity index (χ4n) is 2.34. The number of hydrogen-bond donors (Lipinski definition) is 1. The molecule has 0 radical (unpaired) electrons. The molecule has 0 heterocycles. The number of anilines is 1. The van der Waals surface area contributed by atoms with E-state index in [2.05, 4.69) is 5.32 Å². The molecule has 0 bridgehead atoms. The minimum absolute atomic E-state index is 0.0327. The van der Waals surface area contributed by atoms with Crippen molar-refractivity contribution in [1.29, 1.82) is 5.26 Å². The first kappa shape index (κ1) is 21.1. The number of rotatable bonds is 9. The van der Waals surface area contributed by atoms with Gasteiger partial charge in [0.1, 0.15) is 11.5 Å². The summed E-state index contributed by atoms with van der Waals surface area (Å²) in [7, 11) is 3.04. The van der Waals surface area contributed by atoms with Crippen LogP contribution in [0.1, 0.15) is 5.56 Å². The molecule has 0 aromatic heterocycles. The molecule has 0 saturated heterocycles. The van der Waals surface area contributed by atoms with E-state index in [1.54, 1.807) is 36.4 Å². The lowest BCUT2D eigenvalue weighted by Gasteiger charge is -2.11. The minimum atomic E-state index is -0.550. The molecule has 0 aliphatic heterocycles. The van der Waals surface area contributed by atoms with Gasteiger partial charge in [0.2, 0.25) is 0 Å². The van der Waals surface area contributed by atoms with Crippen LogP contribution in [0, 0.1) is 11.3 Å². The van der Waals surface area contributed by atoms with E-state index >= 15 is 0 Å². The van der Waals surface area contributed by atoms with Crippen molar-refractivity contribution < 1.29 is 23.8 Å². The zero-order valence-electron chi connectivity index (χ0n) is 15.6. The molecule has 146 valence electrons. The molecule has 0 spiro atoms. The van der Waals surface area contributed by atoms with Crippen molar-refractivity contribution in [3.05, 3.63) is 48.0 Å². The van der Waals surface area contributed by atoms with Gasteiger partial charge in [0, 0.05) is 16.5 Å². The van der Waals surface area contributed by atoms with Gasteiger partial charge in [-0.2, -0.15) is 5.26 Å². The number of nitrogens with zero attached hydrogens (tertiary/aromatic N) is 1. The molecule has 0 fully saturated rings. The second-order valence-corrected chi connectivity index (χ2v) is 6.52. The molecule has 28 heavy (non-hydrogen) atoms. The van der Waals surface area contributed by atoms with E-state index in [-0.39, 0.29) is 12.2 Å². The number of ether oxygens (including phenoxy) is 3. The van der Waals surface area contributed by atoms with Crippen molar-refractivity contribution in [3.8, 4) is 17.6 Å². The normalized spacial score (nSPS) is 9.89. The first-order valence-corrected chi connectivity index (χ1v) is 9.31. The third-order valence-electron chi connectivity index (χ3n) is 3.65. The SMILES string of the molecule is COc1ccc(CC(=O)OCC(=O)Nc2ccccc2SCC#N)c(OC)c1. The average Bonchev–Trinajstić information content (AvgIpc) is 2.72. The Bertz CT molecular complexity index is 879. The Hall–Kier alpha value is -3.18. The van der Waals surface area contributed by atoms with Gasteiger partial charge < -0.3 is 19.5 Å². The number of nitrogens with one attached hydrogen (secondary N) is 1. The summed E-state index contributed by atoms with van der Waals surface area (Å²) in [5.41, 5.74) is 1.20. The molecule has 2 aromatic carbocycles. The fourth-order valence-corrected chi connectivity index (χ4v) is 3.01. The highest BCUT2D eigenvalue weighted by atomic mass is 32.2. The van der Waals surface area contributed by atoms with Crippen LogP contribution in [-0.2, 0) is 20.7 Å². The zero-order chi connectivity index (χ0) is 20.4. The standard InChI is InChI=1S/C20H20N2O5S/c1-25-15-8-7-14(17(12-15)26-2)11-20(24)27-13-19(23)22-16-5-3-4-6-18(16)28-10-9-21/h3-8,12H,10-11,13H2,1-2H3,(H,22,23). The highest BCUT2D eigenvalue weighted by molar-refractivity contribution is 7.99. The monoisotopic (exact) mass is 400 g/mol. The van der Waals surface area contributed by atoms with Crippen molar-refractivity contribution in [2.24, 2.45) is 0 Å². The van der Waals surface area contributed by atoms with E-state index in [0.717, 1.165) is 4.90 Å². The van der Waals surface area contributed by atoms with Crippen LogP contribution >= 0.6 is 11.8 Å². The van der Waals surface area contributed by atoms with Gasteiger partial charge in [0.15, 0.2) is 6.61 Å². The second-order valence-electron chi connectivity index (χ2n) is 5.51. The van der Waals surface area contributed by atoms with Crippen molar-refractivity contribution in [2.45, 2.75) is 11.3 Å². The number of para-hydroxylation sites is 1. The van der Waals surface area contributed by atoms with E-state index in [4.69, 9.17) is 19.5 Å². The summed E-state index contributed by atoms with van der Waals surface area (Å²) < 4.78 is 15.4. The van der Waals surface area contributed by atoms with Gasteiger partial charge in [-0.25, -0.2) is 0 Å². The third-order valence-corrected chi connectivity index (χ3v) is 4.59. The summed E-state index contributed by atoms with van der Waals surface area (Å²) >= 11 is 1.31. The number of carbonyl (C=O) groups excluding carboxylic acids is 2. The quantitative estimate of drug-likeness (QED) is 0.510. The number of hydrogen-bond acceptors (Lipinski definition) is 7. The summed E-state index contributed by atoms with van der Waals surface area (Å²) in [6.45, 7) is -0.408. The summed E-state index contributed by atoms with van der Waals surface area (Å²) in [5.74, 6) is 0.377. The van der Waals surface area contributed by atoms with Gasteiger partial charge >= 0.3 is 5.97 Å². The maximum absolute atomic E-state index is 12.1. The molecule has 0 unspecified atom stereocenters. The maximum Gasteiger partial charge on any atom is 0.310 e. The third kappa shape index (κ3) is 6.21. The molecular weight excluding hydrogens is 380 g/mol. The molecule has 0 aliphatic carbocycles. The number of methoxy groups -OCH3 is 2. The number of thioether (sulfide) groups is 1. The number of nitriles is 1. The van der Waals surface area contributed by atoms with Crippen LogP contribution in [-0.4, -0.2) is 38.5 Å². The number of benzene rings is 2. The molecule has 2 rings (SSSR count). The van der Waals surface area contributed by atoms with Gasteiger partial charge in [0.05, 0.1) is 38.1 Å². The molecule has 0 aliphatic rings. The molecule has 2 aromatic rings. The number of amides is 1. The van der Waals surface area contributed by atoms with Gasteiger partial charge in [-0.3, -0.25) is 9.59 Å². The van der Waals surface area contributed by atoms with E-state index in [0.29, 0.717) is 22.7 Å². The lowest BCUT2D eigenvalue weighted by molar-refractivity contribution is -0.146. The van der Waals surface area contributed by atoms with Crippen LogP contribution < -0.4 is 14.8 Å². The molecular formula is C20H20N2O5S. The van der Waals surface area contributed by atoms with Crippen molar-refractivity contribution >= 4 is 29.3 Å². The van der Waals surface area contributed by atoms with Crippen LogP contribution in [0.5, 0.6) is 11.5 Å². The van der Waals surface area contributed by atoms with Crippen molar-refractivity contribution in [3.63, 3.8) is 0 Å². The predicted octanol–water partition coefficient (Wildman–Crippen LogP) is 3.04. The number of esters is 1. The lowest BCUT2D eigenvalue weighted by Crippen LogP contribution is -2.22. The Kier molecular flexibility index (Phi) is 8.18.